The largest absolute Gasteiger partial charge is 0.497 e. The number of methoxy groups -OCH3 is 2. The monoisotopic (exact) mass is 305 g/mol. The maximum absolute atomic E-state index is 5.55. The summed E-state index contributed by atoms with van der Waals surface area (Å²) in [5, 5.41) is 3.55. The van der Waals surface area contributed by atoms with Crippen LogP contribution in [-0.4, -0.2) is 20.8 Å². The molecule has 0 bridgehead atoms. The first-order valence-electron chi connectivity index (χ1n) is 7.27. The quantitative estimate of drug-likeness (QED) is 0.838. The minimum Gasteiger partial charge on any atom is -0.497 e. The second kappa shape index (κ2) is 7.48. The van der Waals surface area contributed by atoms with E-state index in [9.17, 15) is 0 Å². The van der Waals surface area contributed by atoms with Crippen molar-refractivity contribution >= 4 is 11.3 Å². The Morgan fingerprint density at radius 1 is 1.10 bits per heavy atom. The van der Waals surface area contributed by atoms with Crippen LogP contribution < -0.4 is 14.8 Å². The van der Waals surface area contributed by atoms with Crippen molar-refractivity contribution in [1.29, 1.82) is 0 Å². The maximum Gasteiger partial charge on any atom is 0.127 e. The molecule has 1 N–H and O–H groups in total. The number of hydrogen-bond donors (Lipinski definition) is 1. The van der Waals surface area contributed by atoms with Crippen LogP contribution in [0.4, 0.5) is 0 Å². The van der Waals surface area contributed by atoms with Crippen LogP contribution in [0, 0.1) is 0 Å². The molecule has 0 aliphatic heterocycles. The van der Waals surface area contributed by atoms with Crippen molar-refractivity contribution < 1.29 is 9.47 Å². The highest BCUT2D eigenvalue weighted by molar-refractivity contribution is 7.12. The molecule has 4 heteroatoms. The molecule has 0 fully saturated rings. The van der Waals surface area contributed by atoms with Gasteiger partial charge in [0.25, 0.3) is 0 Å². The summed E-state index contributed by atoms with van der Waals surface area (Å²) in [4.78, 5) is 2.72. The van der Waals surface area contributed by atoms with Crippen molar-refractivity contribution in [3.05, 3.63) is 45.6 Å². The van der Waals surface area contributed by atoms with Gasteiger partial charge in [0, 0.05) is 21.4 Å². The average molecular weight is 305 g/mol. The second-order valence-corrected chi connectivity index (χ2v) is 5.96. The summed E-state index contributed by atoms with van der Waals surface area (Å²) in [6.45, 7) is 5.21. The summed E-state index contributed by atoms with van der Waals surface area (Å²) in [5.41, 5.74) is 1.14. The molecule has 1 unspecified atom stereocenters. The van der Waals surface area contributed by atoms with Gasteiger partial charge in [-0.2, -0.15) is 0 Å². The lowest BCUT2D eigenvalue weighted by Gasteiger charge is -2.20. The molecule has 1 atom stereocenters. The van der Waals surface area contributed by atoms with Gasteiger partial charge in [0.2, 0.25) is 0 Å². The summed E-state index contributed by atoms with van der Waals surface area (Å²) in [7, 11) is 3.37. The first-order valence-corrected chi connectivity index (χ1v) is 8.09. The van der Waals surface area contributed by atoms with Gasteiger partial charge in [-0.05, 0) is 37.2 Å². The summed E-state index contributed by atoms with van der Waals surface area (Å²) < 4.78 is 10.8. The van der Waals surface area contributed by atoms with E-state index in [1.54, 1.807) is 14.2 Å². The lowest BCUT2D eigenvalue weighted by molar-refractivity contribution is 0.388. The average Bonchev–Trinajstić information content (AvgIpc) is 3.00. The highest BCUT2D eigenvalue weighted by Gasteiger charge is 2.19. The zero-order valence-electron chi connectivity index (χ0n) is 13.1. The molecule has 114 valence electrons. The van der Waals surface area contributed by atoms with Crippen LogP contribution in [-0.2, 0) is 6.42 Å². The Balaban J connectivity index is 2.41. The molecule has 0 saturated carbocycles. The van der Waals surface area contributed by atoms with E-state index in [1.807, 2.05) is 23.5 Å². The first kappa shape index (κ1) is 15.9. The van der Waals surface area contributed by atoms with Crippen molar-refractivity contribution in [1.82, 2.24) is 5.32 Å². The van der Waals surface area contributed by atoms with Gasteiger partial charge >= 0.3 is 0 Å². The predicted molar refractivity (Wildman–Crippen MR) is 88.8 cm³/mol. The predicted octanol–water partition coefficient (Wildman–Crippen LogP) is 4.03. The van der Waals surface area contributed by atoms with E-state index in [2.05, 4.69) is 37.4 Å². The fourth-order valence-corrected chi connectivity index (χ4v) is 3.41. The van der Waals surface area contributed by atoms with Crippen LogP contribution in [0.3, 0.4) is 0 Å². The third kappa shape index (κ3) is 3.57. The molecule has 1 aromatic heterocycles. The standard InChI is InChI=1S/C17H23NO2S/c1-5-13-8-10-16(21-13)17(18-6-2)14-9-7-12(19-3)11-15(14)20-4/h7-11,17-18H,5-6H2,1-4H3. The Morgan fingerprint density at radius 3 is 2.48 bits per heavy atom. The van der Waals surface area contributed by atoms with E-state index in [0.717, 1.165) is 30.0 Å². The lowest BCUT2D eigenvalue weighted by atomic mass is 10.0. The van der Waals surface area contributed by atoms with E-state index in [-0.39, 0.29) is 6.04 Å². The number of aryl methyl sites for hydroxylation is 1. The van der Waals surface area contributed by atoms with Gasteiger partial charge in [0.1, 0.15) is 11.5 Å². The first-order chi connectivity index (χ1) is 10.2. The number of ether oxygens (including phenoxy) is 2. The molecule has 0 spiro atoms. The van der Waals surface area contributed by atoms with Gasteiger partial charge < -0.3 is 14.8 Å². The fraction of sp³-hybridized carbons (Fsp3) is 0.412. The molecule has 2 rings (SSSR count). The fourth-order valence-electron chi connectivity index (χ4n) is 2.36. The molecule has 0 saturated heterocycles. The summed E-state index contributed by atoms with van der Waals surface area (Å²) in [6, 6.07) is 10.6. The molecule has 1 heterocycles. The van der Waals surface area contributed by atoms with Crippen molar-refractivity contribution in [3.8, 4) is 11.5 Å². The Labute approximate surface area is 130 Å². The zero-order chi connectivity index (χ0) is 15.2. The molecule has 2 aromatic rings. The van der Waals surface area contributed by atoms with Gasteiger partial charge in [-0.3, -0.25) is 0 Å². The summed E-state index contributed by atoms with van der Waals surface area (Å²) >= 11 is 1.86. The highest BCUT2D eigenvalue weighted by atomic mass is 32.1. The van der Waals surface area contributed by atoms with Gasteiger partial charge in [-0.25, -0.2) is 0 Å². The van der Waals surface area contributed by atoms with E-state index < -0.39 is 0 Å². The minimum absolute atomic E-state index is 0.154. The highest BCUT2D eigenvalue weighted by Crippen LogP contribution is 2.35. The van der Waals surface area contributed by atoms with Crippen LogP contribution in [0.1, 0.15) is 35.2 Å². The molecular formula is C17H23NO2S. The van der Waals surface area contributed by atoms with Crippen molar-refractivity contribution in [3.63, 3.8) is 0 Å². The van der Waals surface area contributed by atoms with E-state index in [0.29, 0.717) is 0 Å². The third-order valence-corrected chi connectivity index (χ3v) is 4.77. The van der Waals surface area contributed by atoms with E-state index in [1.165, 1.54) is 9.75 Å². The van der Waals surface area contributed by atoms with Crippen LogP contribution in [0.2, 0.25) is 0 Å². The molecule has 1 aromatic carbocycles. The van der Waals surface area contributed by atoms with Crippen LogP contribution in [0.5, 0.6) is 11.5 Å². The Bertz CT molecular complexity index is 580. The van der Waals surface area contributed by atoms with Gasteiger partial charge in [-0.1, -0.05) is 13.8 Å². The summed E-state index contributed by atoms with van der Waals surface area (Å²) in [5.74, 6) is 1.66. The smallest absolute Gasteiger partial charge is 0.127 e. The molecule has 0 amide bonds. The number of nitrogens with one attached hydrogen (secondary N) is 1. The SMILES string of the molecule is CCNC(c1ccc(CC)s1)c1ccc(OC)cc1OC. The number of benzene rings is 1. The van der Waals surface area contributed by atoms with Crippen LogP contribution in [0.25, 0.3) is 0 Å². The zero-order valence-corrected chi connectivity index (χ0v) is 13.9. The van der Waals surface area contributed by atoms with Crippen LogP contribution in [0.15, 0.2) is 30.3 Å². The molecule has 3 nitrogen and oxygen atoms in total. The molecule has 0 radical (unpaired) electrons. The van der Waals surface area contributed by atoms with Gasteiger partial charge in [-0.15, -0.1) is 11.3 Å². The molecule has 0 aliphatic rings. The minimum atomic E-state index is 0.154. The Hall–Kier alpha value is -1.52. The molecule has 0 aliphatic carbocycles. The summed E-state index contributed by atoms with van der Waals surface area (Å²) in [6.07, 6.45) is 1.07. The van der Waals surface area contributed by atoms with E-state index >= 15 is 0 Å². The van der Waals surface area contributed by atoms with Crippen molar-refractivity contribution in [2.45, 2.75) is 26.3 Å². The molecule has 21 heavy (non-hydrogen) atoms. The third-order valence-electron chi connectivity index (χ3n) is 3.48. The van der Waals surface area contributed by atoms with Crippen LogP contribution >= 0.6 is 11.3 Å². The number of hydrogen-bond acceptors (Lipinski definition) is 4. The maximum atomic E-state index is 5.55. The number of thiophene rings is 1. The molecular weight excluding hydrogens is 282 g/mol. The van der Waals surface area contributed by atoms with Crippen molar-refractivity contribution in [2.75, 3.05) is 20.8 Å². The van der Waals surface area contributed by atoms with E-state index in [4.69, 9.17) is 9.47 Å². The Morgan fingerprint density at radius 2 is 1.90 bits per heavy atom. The second-order valence-electron chi connectivity index (χ2n) is 4.76. The normalized spacial score (nSPS) is 12.2. The number of rotatable bonds is 7. The topological polar surface area (TPSA) is 30.5 Å². The van der Waals surface area contributed by atoms with Gasteiger partial charge in [0.05, 0.1) is 20.3 Å². The lowest BCUT2D eigenvalue weighted by Crippen LogP contribution is -2.21. The van der Waals surface area contributed by atoms with Crippen molar-refractivity contribution in [2.24, 2.45) is 0 Å². The Kier molecular flexibility index (Phi) is 5.65. The van der Waals surface area contributed by atoms with Gasteiger partial charge in [0.15, 0.2) is 0 Å².